The summed E-state index contributed by atoms with van der Waals surface area (Å²) < 4.78 is 6.04. The summed E-state index contributed by atoms with van der Waals surface area (Å²) >= 11 is 0. The summed E-state index contributed by atoms with van der Waals surface area (Å²) in [4.78, 5) is 6.93. The average Bonchev–Trinajstić information content (AvgIpc) is 3.36. The predicted octanol–water partition coefficient (Wildman–Crippen LogP) is 2.89. The van der Waals surface area contributed by atoms with Crippen molar-refractivity contribution < 1.29 is 4.74 Å². The van der Waals surface area contributed by atoms with Crippen molar-refractivity contribution in [1.82, 2.24) is 10.2 Å². The van der Waals surface area contributed by atoms with Crippen molar-refractivity contribution in [3.05, 3.63) is 0 Å². The van der Waals surface area contributed by atoms with Gasteiger partial charge in [-0.3, -0.25) is 4.99 Å². The first kappa shape index (κ1) is 16.1. The number of guanidine groups is 1. The maximum Gasteiger partial charge on any atom is 0.193 e. The van der Waals surface area contributed by atoms with E-state index in [1.54, 1.807) is 0 Å². The Labute approximate surface area is 135 Å². The number of likely N-dealkylation sites (tertiary alicyclic amines) is 1. The quantitative estimate of drug-likeness (QED) is 0.641. The van der Waals surface area contributed by atoms with E-state index in [2.05, 4.69) is 42.9 Å². The third-order valence-corrected chi connectivity index (χ3v) is 6.51. The number of ether oxygens (including phenoxy) is 1. The van der Waals surface area contributed by atoms with Crippen LogP contribution in [-0.4, -0.2) is 49.7 Å². The van der Waals surface area contributed by atoms with Crippen LogP contribution in [0.4, 0.5) is 0 Å². The first-order valence-corrected chi connectivity index (χ1v) is 8.96. The van der Waals surface area contributed by atoms with Crippen LogP contribution in [-0.2, 0) is 4.74 Å². The number of aliphatic imine (C=N–C) groups is 1. The van der Waals surface area contributed by atoms with Crippen molar-refractivity contribution in [2.45, 2.75) is 65.5 Å². The van der Waals surface area contributed by atoms with E-state index in [-0.39, 0.29) is 0 Å². The highest BCUT2D eigenvalue weighted by atomic mass is 16.5. The summed E-state index contributed by atoms with van der Waals surface area (Å²) in [5.74, 6) is 1.94. The molecule has 0 radical (unpaired) electrons. The first-order chi connectivity index (χ1) is 10.4. The van der Waals surface area contributed by atoms with Crippen molar-refractivity contribution in [3.8, 4) is 0 Å². The lowest BCUT2D eigenvalue weighted by Crippen LogP contribution is -2.48. The van der Waals surface area contributed by atoms with Gasteiger partial charge in [-0.25, -0.2) is 0 Å². The van der Waals surface area contributed by atoms with Gasteiger partial charge in [-0.1, -0.05) is 27.7 Å². The molecule has 0 amide bonds. The Morgan fingerprint density at radius 1 is 1.09 bits per heavy atom. The van der Waals surface area contributed by atoms with E-state index in [0.29, 0.717) is 23.0 Å². The molecular formula is C18H33N3O. The molecule has 4 nitrogen and oxygen atoms in total. The van der Waals surface area contributed by atoms with Crippen molar-refractivity contribution in [3.63, 3.8) is 0 Å². The smallest absolute Gasteiger partial charge is 0.193 e. The standard InChI is InChI=1S/C18H33N3O/c1-17(2)15(18(17,3)4)20-16(19-5)21-10-8-14(9-11-21)22-12-13-6-7-13/h13-15H,6-12H2,1-5H3,(H,19,20). The van der Waals surface area contributed by atoms with Gasteiger partial charge in [0.2, 0.25) is 0 Å². The lowest BCUT2D eigenvalue weighted by Gasteiger charge is -2.34. The molecule has 1 heterocycles. The molecule has 1 aliphatic heterocycles. The summed E-state index contributed by atoms with van der Waals surface area (Å²) in [6.07, 6.45) is 5.48. The molecule has 4 heteroatoms. The van der Waals surface area contributed by atoms with Gasteiger partial charge >= 0.3 is 0 Å². The molecule has 0 aromatic rings. The molecule has 0 spiro atoms. The minimum atomic E-state index is 0.342. The van der Waals surface area contributed by atoms with Crippen molar-refractivity contribution in [2.24, 2.45) is 21.7 Å². The maximum absolute atomic E-state index is 6.04. The minimum absolute atomic E-state index is 0.342. The van der Waals surface area contributed by atoms with Crippen LogP contribution in [0.15, 0.2) is 4.99 Å². The number of hydrogen-bond acceptors (Lipinski definition) is 2. The van der Waals surface area contributed by atoms with E-state index in [1.807, 2.05) is 7.05 Å². The molecule has 22 heavy (non-hydrogen) atoms. The van der Waals surface area contributed by atoms with Gasteiger partial charge in [0, 0.05) is 32.8 Å². The number of nitrogens with zero attached hydrogens (tertiary/aromatic N) is 2. The summed E-state index contributed by atoms with van der Waals surface area (Å²) in [5.41, 5.74) is 0.684. The second-order valence-corrected chi connectivity index (χ2v) is 8.53. The molecule has 2 aliphatic carbocycles. The zero-order valence-corrected chi connectivity index (χ0v) is 15.0. The first-order valence-electron chi connectivity index (χ1n) is 8.96. The lowest BCUT2D eigenvalue weighted by atomic mass is 10.0. The van der Waals surface area contributed by atoms with Crippen molar-refractivity contribution in [1.29, 1.82) is 0 Å². The van der Waals surface area contributed by atoms with Crippen LogP contribution in [0.2, 0.25) is 0 Å². The van der Waals surface area contributed by atoms with Crippen LogP contribution in [0, 0.1) is 16.7 Å². The van der Waals surface area contributed by atoms with E-state index < -0.39 is 0 Å². The Bertz CT molecular complexity index is 418. The Morgan fingerprint density at radius 3 is 2.14 bits per heavy atom. The largest absolute Gasteiger partial charge is 0.378 e. The molecule has 3 rings (SSSR count). The van der Waals surface area contributed by atoms with Crippen LogP contribution in [0.25, 0.3) is 0 Å². The highest BCUT2D eigenvalue weighted by Crippen LogP contribution is 2.62. The van der Waals surface area contributed by atoms with E-state index >= 15 is 0 Å². The zero-order valence-electron chi connectivity index (χ0n) is 15.0. The van der Waals surface area contributed by atoms with Gasteiger partial charge in [-0.15, -0.1) is 0 Å². The Morgan fingerprint density at radius 2 is 1.68 bits per heavy atom. The number of piperidine rings is 1. The van der Waals surface area contributed by atoms with Gasteiger partial charge in [0.25, 0.3) is 0 Å². The van der Waals surface area contributed by atoms with Crippen LogP contribution in [0.1, 0.15) is 53.4 Å². The summed E-state index contributed by atoms with van der Waals surface area (Å²) in [5, 5.41) is 3.70. The monoisotopic (exact) mass is 307 g/mol. The Hall–Kier alpha value is -0.770. The summed E-state index contributed by atoms with van der Waals surface area (Å²) in [6.45, 7) is 12.5. The fraction of sp³-hybridized carbons (Fsp3) is 0.944. The molecule has 0 atom stereocenters. The fourth-order valence-corrected chi connectivity index (χ4v) is 3.77. The van der Waals surface area contributed by atoms with Gasteiger partial charge in [0.1, 0.15) is 0 Å². The fourth-order valence-electron chi connectivity index (χ4n) is 3.77. The number of rotatable bonds is 4. The second kappa shape index (κ2) is 5.70. The molecular weight excluding hydrogens is 274 g/mol. The minimum Gasteiger partial charge on any atom is -0.378 e. The normalized spacial score (nSPS) is 28.8. The summed E-state index contributed by atoms with van der Waals surface area (Å²) in [6, 6.07) is 0.516. The molecule has 0 aromatic carbocycles. The molecule has 2 saturated carbocycles. The van der Waals surface area contributed by atoms with Crippen LogP contribution in [0.3, 0.4) is 0 Å². The van der Waals surface area contributed by atoms with Gasteiger partial charge in [0.05, 0.1) is 6.10 Å². The molecule has 1 N–H and O–H groups in total. The third kappa shape index (κ3) is 2.99. The van der Waals surface area contributed by atoms with Gasteiger partial charge in [-0.05, 0) is 42.4 Å². The number of hydrogen-bond donors (Lipinski definition) is 1. The summed E-state index contributed by atoms with van der Waals surface area (Å²) in [7, 11) is 1.90. The van der Waals surface area contributed by atoms with Crippen LogP contribution < -0.4 is 5.32 Å². The number of nitrogens with one attached hydrogen (secondary N) is 1. The highest BCUT2D eigenvalue weighted by molar-refractivity contribution is 5.81. The van der Waals surface area contributed by atoms with Crippen molar-refractivity contribution in [2.75, 3.05) is 26.7 Å². The van der Waals surface area contributed by atoms with Gasteiger partial charge in [0.15, 0.2) is 5.96 Å². The molecule has 3 aliphatic rings. The van der Waals surface area contributed by atoms with Gasteiger partial charge < -0.3 is 15.0 Å². The average molecular weight is 307 g/mol. The highest BCUT2D eigenvalue weighted by Gasteiger charge is 2.65. The Balaban J connectivity index is 1.47. The van der Waals surface area contributed by atoms with Crippen LogP contribution >= 0.6 is 0 Å². The van der Waals surface area contributed by atoms with E-state index in [9.17, 15) is 0 Å². The van der Waals surface area contributed by atoms with E-state index in [4.69, 9.17) is 4.74 Å². The molecule has 1 saturated heterocycles. The topological polar surface area (TPSA) is 36.9 Å². The van der Waals surface area contributed by atoms with E-state index in [0.717, 1.165) is 44.4 Å². The second-order valence-electron chi connectivity index (χ2n) is 8.53. The predicted molar refractivity (Wildman–Crippen MR) is 91.1 cm³/mol. The van der Waals surface area contributed by atoms with Gasteiger partial charge in [-0.2, -0.15) is 0 Å². The van der Waals surface area contributed by atoms with Crippen LogP contribution in [0.5, 0.6) is 0 Å². The SMILES string of the molecule is CN=C(NC1C(C)(C)C1(C)C)N1CCC(OCC2CC2)CC1. The third-order valence-electron chi connectivity index (χ3n) is 6.51. The lowest BCUT2D eigenvalue weighted by molar-refractivity contribution is 0.0130. The van der Waals surface area contributed by atoms with Crippen molar-refractivity contribution >= 4 is 5.96 Å². The maximum atomic E-state index is 6.04. The molecule has 0 bridgehead atoms. The Kier molecular flexibility index (Phi) is 4.17. The molecule has 0 unspecified atom stereocenters. The van der Waals surface area contributed by atoms with E-state index in [1.165, 1.54) is 12.8 Å². The molecule has 126 valence electrons. The molecule has 3 fully saturated rings. The zero-order chi connectivity index (χ0) is 16.0. The molecule has 0 aromatic heterocycles.